The van der Waals surface area contributed by atoms with Crippen molar-refractivity contribution in [2.75, 3.05) is 0 Å². The Labute approximate surface area is 115 Å². The van der Waals surface area contributed by atoms with Crippen molar-refractivity contribution in [2.24, 2.45) is 5.92 Å². The minimum absolute atomic E-state index is 0.561. The lowest BCUT2D eigenvalue weighted by molar-refractivity contribution is 0.262. The molecule has 1 saturated carbocycles. The van der Waals surface area contributed by atoms with Crippen molar-refractivity contribution < 1.29 is 0 Å². The first-order valence-corrected chi connectivity index (χ1v) is 7.65. The summed E-state index contributed by atoms with van der Waals surface area (Å²) in [4.78, 5) is 0. The van der Waals surface area contributed by atoms with Crippen LogP contribution in [0.5, 0.6) is 0 Å². The fraction of sp³-hybridized carbons (Fsp3) is 0.444. The van der Waals surface area contributed by atoms with Crippen molar-refractivity contribution in [2.45, 2.75) is 44.2 Å². The molecule has 2 aromatic rings. The van der Waals surface area contributed by atoms with Crippen molar-refractivity contribution in [3.63, 3.8) is 0 Å². The minimum Gasteiger partial charge on any atom is -0.307 e. The fourth-order valence-corrected chi connectivity index (χ4v) is 4.12. The lowest BCUT2D eigenvalue weighted by Crippen LogP contribution is -2.40. The molecule has 1 heteroatoms. The van der Waals surface area contributed by atoms with Gasteiger partial charge in [0.25, 0.3) is 0 Å². The molecule has 4 rings (SSSR count). The summed E-state index contributed by atoms with van der Waals surface area (Å²) in [5, 5.41) is 6.72. The molecule has 1 N–H and O–H groups in total. The first kappa shape index (κ1) is 11.5. The van der Waals surface area contributed by atoms with Gasteiger partial charge in [0.15, 0.2) is 0 Å². The number of nitrogens with one attached hydrogen (secondary N) is 1. The lowest BCUT2D eigenvalue weighted by atomic mass is 9.85. The number of piperidine rings is 1. The van der Waals surface area contributed by atoms with Gasteiger partial charge in [-0.25, -0.2) is 0 Å². The van der Waals surface area contributed by atoms with Crippen LogP contribution < -0.4 is 5.32 Å². The van der Waals surface area contributed by atoms with Gasteiger partial charge in [-0.15, -0.1) is 0 Å². The van der Waals surface area contributed by atoms with E-state index in [0.29, 0.717) is 6.04 Å². The van der Waals surface area contributed by atoms with Gasteiger partial charge in [0.05, 0.1) is 0 Å². The standard InChI is InChI=1S/C18H21N/c1-2-8-15-13(5-1)6-3-9-16(15)18-12-11-14-7-4-10-17(14)19-18/h1-3,5-6,8-9,14,17-19H,4,7,10-12H2. The van der Waals surface area contributed by atoms with Crippen molar-refractivity contribution in [1.29, 1.82) is 0 Å². The smallest absolute Gasteiger partial charge is 0.0329 e. The molecular weight excluding hydrogens is 230 g/mol. The number of hydrogen-bond donors (Lipinski definition) is 1. The molecule has 19 heavy (non-hydrogen) atoms. The SMILES string of the molecule is c1ccc2c(C3CCC4CCCC4N3)cccc2c1. The van der Waals surface area contributed by atoms with Gasteiger partial charge in [-0.2, -0.15) is 0 Å². The van der Waals surface area contributed by atoms with Crippen LogP contribution in [-0.4, -0.2) is 6.04 Å². The van der Waals surface area contributed by atoms with Crippen LogP contribution in [-0.2, 0) is 0 Å². The van der Waals surface area contributed by atoms with Crippen LogP contribution in [0.1, 0.15) is 43.7 Å². The highest BCUT2D eigenvalue weighted by atomic mass is 15.0. The quantitative estimate of drug-likeness (QED) is 0.790. The van der Waals surface area contributed by atoms with E-state index in [9.17, 15) is 0 Å². The number of fused-ring (bicyclic) bond motifs is 2. The van der Waals surface area contributed by atoms with E-state index in [1.807, 2.05) is 0 Å². The van der Waals surface area contributed by atoms with E-state index in [2.05, 4.69) is 47.8 Å². The highest BCUT2D eigenvalue weighted by Gasteiger charge is 2.33. The molecule has 2 fully saturated rings. The number of rotatable bonds is 1. The molecule has 3 atom stereocenters. The summed E-state index contributed by atoms with van der Waals surface area (Å²) in [6.07, 6.45) is 6.96. The second kappa shape index (κ2) is 4.64. The van der Waals surface area contributed by atoms with Crippen molar-refractivity contribution in [1.82, 2.24) is 5.32 Å². The molecule has 1 heterocycles. The summed E-state index contributed by atoms with van der Waals surface area (Å²) in [7, 11) is 0. The van der Waals surface area contributed by atoms with Crippen molar-refractivity contribution in [3.8, 4) is 0 Å². The normalized spacial score (nSPS) is 30.4. The number of hydrogen-bond acceptors (Lipinski definition) is 1. The maximum atomic E-state index is 3.92. The molecule has 2 aromatic carbocycles. The van der Waals surface area contributed by atoms with Crippen molar-refractivity contribution >= 4 is 10.8 Å². The largest absolute Gasteiger partial charge is 0.307 e. The topological polar surface area (TPSA) is 12.0 Å². The zero-order valence-corrected chi connectivity index (χ0v) is 11.3. The molecule has 0 spiro atoms. The molecule has 1 aliphatic heterocycles. The Morgan fingerprint density at radius 3 is 2.74 bits per heavy atom. The third kappa shape index (κ3) is 1.97. The highest BCUT2D eigenvalue weighted by molar-refractivity contribution is 5.86. The van der Waals surface area contributed by atoms with E-state index in [1.165, 1.54) is 48.4 Å². The molecule has 1 saturated heterocycles. The van der Waals surface area contributed by atoms with Gasteiger partial charge in [-0.1, -0.05) is 48.9 Å². The summed E-state index contributed by atoms with van der Waals surface area (Å²) < 4.78 is 0. The summed E-state index contributed by atoms with van der Waals surface area (Å²) >= 11 is 0. The number of benzene rings is 2. The second-order valence-corrected chi connectivity index (χ2v) is 6.16. The Morgan fingerprint density at radius 2 is 1.74 bits per heavy atom. The molecule has 2 aliphatic rings. The van der Waals surface area contributed by atoms with Gasteiger partial charge < -0.3 is 5.32 Å². The van der Waals surface area contributed by atoms with Gasteiger partial charge in [0, 0.05) is 12.1 Å². The van der Waals surface area contributed by atoms with E-state index in [4.69, 9.17) is 0 Å². The average molecular weight is 251 g/mol. The van der Waals surface area contributed by atoms with E-state index in [1.54, 1.807) is 0 Å². The maximum Gasteiger partial charge on any atom is 0.0329 e. The first-order chi connectivity index (χ1) is 9.42. The van der Waals surface area contributed by atoms with Crippen molar-refractivity contribution in [3.05, 3.63) is 48.0 Å². The van der Waals surface area contributed by atoms with E-state index >= 15 is 0 Å². The van der Waals surface area contributed by atoms with Crippen LogP contribution in [0, 0.1) is 5.92 Å². The third-order valence-electron chi connectivity index (χ3n) is 5.10. The molecular formula is C18H21N. The fourth-order valence-electron chi connectivity index (χ4n) is 4.12. The minimum atomic E-state index is 0.561. The average Bonchev–Trinajstić information content (AvgIpc) is 2.94. The first-order valence-electron chi connectivity index (χ1n) is 7.65. The molecule has 0 radical (unpaired) electrons. The van der Waals surface area contributed by atoms with Gasteiger partial charge >= 0.3 is 0 Å². The van der Waals surface area contributed by atoms with Gasteiger partial charge in [-0.3, -0.25) is 0 Å². The molecule has 3 unspecified atom stereocenters. The van der Waals surface area contributed by atoms with Crippen LogP contribution in [0.4, 0.5) is 0 Å². The highest BCUT2D eigenvalue weighted by Crippen LogP contribution is 2.39. The third-order valence-corrected chi connectivity index (χ3v) is 5.10. The lowest BCUT2D eigenvalue weighted by Gasteiger charge is -2.34. The molecule has 0 bridgehead atoms. The molecule has 1 aliphatic carbocycles. The molecule has 0 aromatic heterocycles. The zero-order chi connectivity index (χ0) is 12.7. The van der Waals surface area contributed by atoms with Gasteiger partial charge in [0.1, 0.15) is 0 Å². The molecule has 98 valence electrons. The Bertz CT molecular complexity index is 584. The predicted molar refractivity (Wildman–Crippen MR) is 80.2 cm³/mol. The zero-order valence-electron chi connectivity index (χ0n) is 11.3. The van der Waals surface area contributed by atoms with Crippen LogP contribution >= 0.6 is 0 Å². The van der Waals surface area contributed by atoms with Crippen LogP contribution in [0.25, 0.3) is 10.8 Å². The summed E-state index contributed by atoms with van der Waals surface area (Å²) in [5.41, 5.74) is 1.50. The maximum absolute atomic E-state index is 3.92. The van der Waals surface area contributed by atoms with E-state index in [0.717, 1.165) is 12.0 Å². The predicted octanol–water partition coefficient (Wildman–Crippen LogP) is 4.43. The molecule has 1 nitrogen and oxygen atoms in total. The van der Waals surface area contributed by atoms with Crippen LogP contribution in [0.2, 0.25) is 0 Å². The summed E-state index contributed by atoms with van der Waals surface area (Å²) in [6.45, 7) is 0. The van der Waals surface area contributed by atoms with E-state index < -0.39 is 0 Å². The monoisotopic (exact) mass is 251 g/mol. The Morgan fingerprint density at radius 1 is 0.842 bits per heavy atom. The van der Waals surface area contributed by atoms with Crippen LogP contribution in [0.15, 0.2) is 42.5 Å². The Balaban J connectivity index is 1.70. The molecule has 0 amide bonds. The Kier molecular flexibility index (Phi) is 2.81. The van der Waals surface area contributed by atoms with Gasteiger partial charge in [0.2, 0.25) is 0 Å². The summed E-state index contributed by atoms with van der Waals surface area (Å²) in [6, 6.07) is 16.9. The Hall–Kier alpha value is -1.34. The van der Waals surface area contributed by atoms with E-state index in [-0.39, 0.29) is 0 Å². The van der Waals surface area contributed by atoms with Crippen LogP contribution in [0.3, 0.4) is 0 Å². The second-order valence-electron chi connectivity index (χ2n) is 6.16. The summed E-state index contributed by atoms with van der Waals surface area (Å²) in [5.74, 6) is 0.950. The van der Waals surface area contributed by atoms with Gasteiger partial charge in [-0.05, 0) is 47.9 Å².